The van der Waals surface area contributed by atoms with Gasteiger partial charge >= 0.3 is 0 Å². The molecule has 6 heteroatoms. The Kier molecular flexibility index (Phi) is 8.57. The number of thioether (sulfide) groups is 1. The van der Waals surface area contributed by atoms with Gasteiger partial charge in [0, 0.05) is 38.6 Å². The highest BCUT2D eigenvalue weighted by Gasteiger charge is 2.31. The van der Waals surface area contributed by atoms with Crippen LogP contribution in [0.25, 0.3) is 0 Å². The number of ether oxygens (including phenoxy) is 1. The van der Waals surface area contributed by atoms with Gasteiger partial charge < -0.3 is 15.4 Å². The van der Waals surface area contributed by atoms with Crippen molar-refractivity contribution in [3.8, 4) is 0 Å². The van der Waals surface area contributed by atoms with Crippen LogP contribution in [-0.2, 0) is 4.74 Å². The summed E-state index contributed by atoms with van der Waals surface area (Å²) in [4.78, 5) is 4.11. The molecule has 96 valence electrons. The number of hydrogen-bond donors (Lipinski definition) is 2. The molecular formula is C10H22IN3OS. The summed E-state index contributed by atoms with van der Waals surface area (Å²) in [5.41, 5.74) is 0. The summed E-state index contributed by atoms with van der Waals surface area (Å²) >= 11 is 1.93. The first kappa shape index (κ1) is 16.3. The molecule has 1 fully saturated rings. The predicted molar refractivity (Wildman–Crippen MR) is 82.1 cm³/mol. The molecule has 4 nitrogen and oxygen atoms in total. The van der Waals surface area contributed by atoms with Crippen molar-refractivity contribution in [2.45, 2.75) is 17.6 Å². The molecule has 1 rings (SSSR count). The molecule has 16 heavy (non-hydrogen) atoms. The Morgan fingerprint density at radius 2 is 2.06 bits per heavy atom. The summed E-state index contributed by atoms with van der Waals surface area (Å²) in [5, 5.41) is 6.37. The topological polar surface area (TPSA) is 45.7 Å². The zero-order valence-electron chi connectivity index (χ0n) is 10.2. The number of rotatable bonds is 3. The molecule has 0 radical (unpaired) electrons. The molecule has 0 unspecified atom stereocenters. The number of halogens is 1. The summed E-state index contributed by atoms with van der Waals surface area (Å²) in [6.45, 7) is 2.70. The summed E-state index contributed by atoms with van der Waals surface area (Å²) < 4.78 is 5.71. The first-order valence-electron chi connectivity index (χ1n) is 5.27. The lowest BCUT2D eigenvalue weighted by Gasteiger charge is -2.36. The van der Waals surface area contributed by atoms with Crippen LogP contribution in [0.15, 0.2) is 4.99 Å². The SMILES string of the molecule is CN=C(NC)NCC1(SC)CCOCC1.I. The fourth-order valence-electron chi connectivity index (χ4n) is 1.72. The maximum absolute atomic E-state index is 5.40. The smallest absolute Gasteiger partial charge is 0.190 e. The zero-order chi connectivity index (χ0) is 11.1. The minimum atomic E-state index is 0. The highest BCUT2D eigenvalue weighted by Crippen LogP contribution is 2.32. The predicted octanol–water partition coefficient (Wildman–Crippen LogP) is 1.31. The standard InChI is InChI=1S/C10H21N3OS.HI/c1-11-9(12-2)13-8-10(15-3)4-6-14-7-5-10;/h4-8H2,1-3H3,(H2,11,12,13);1H. The molecule has 0 saturated carbocycles. The van der Waals surface area contributed by atoms with Crippen LogP contribution in [0.1, 0.15) is 12.8 Å². The minimum absolute atomic E-state index is 0. The first-order valence-corrected chi connectivity index (χ1v) is 6.50. The van der Waals surface area contributed by atoms with Gasteiger partial charge in [-0.05, 0) is 19.1 Å². The van der Waals surface area contributed by atoms with Crippen molar-refractivity contribution >= 4 is 41.7 Å². The lowest BCUT2D eigenvalue weighted by molar-refractivity contribution is 0.0783. The van der Waals surface area contributed by atoms with Gasteiger partial charge in [-0.1, -0.05) is 0 Å². The maximum Gasteiger partial charge on any atom is 0.190 e. The average molecular weight is 359 g/mol. The van der Waals surface area contributed by atoms with Crippen LogP contribution in [0.2, 0.25) is 0 Å². The molecule has 1 aliphatic heterocycles. The van der Waals surface area contributed by atoms with Crippen LogP contribution >= 0.6 is 35.7 Å². The summed E-state index contributed by atoms with van der Waals surface area (Å²) in [7, 11) is 3.67. The van der Waals surface area contributed by atoms with E-state index in [0.717, 1.165) is 38.6 Å². The third kappa shape index (κ3) is 4.67. The molecular weight excluding hydrogens is 337 g/mol. The van der Waals surface area contributed by atoms with E-state index < -0.39 is 0 Å². The second kappa shape index (κ2) is 8.41. The third-order valence-corrected chi connectivity index (χ3v) is 4.29. The van der Waals surface area contributed by atoms with Crippen molar-refractivity contribution in [2.75, 3.05) is 40.1 Å². The van der Waals surface area contributed by atoms with E-state index in [-0.39, 0.29) is 24.0 Å². The highest BCUT2D eigenvalue weighted by atomic mass is 127. The molecule has 0 aromatic heterocycles. The monoisotopic (exact) mass is 359 g/mol. The molecule has 0 aliphatic carbocycles. The number of aliphatic imine (C=N–C) groups is 1. The van der Waals surface area contributed by atoms with Gasteiger partial charge in [0.2, 0.25) is 0 Å². The highest BCUT2D eigenvalue weighted by molar-refractivity contribution is 14.0. The van der Waals surface area contributed by atoms with Gasteiger partial charge in [-0.3, -0.25) is 4.99 Å². The van der Waals surface area contributed by atoms with Crippen LogP contribution in [-0.4, -0.2) is 50.8 Å². The molecule has 2 N–H and O–H groups in total. The van der Waals surface area contributed by atoms with Gasteiger partial charge in [0.15, 0.2) is 5.96 Å². The normalized spacial score (nSPS) is 19.8. The van der Waals surface area contributed by atoms with Crippen LogP contribution in [0.4, 0.5) is 0 Å². The van der Waals surface area contributed by atoms with E-state index in [0.29, 0.717) is 4.75 Å². The Morgan fingerprint density at radius 1 is 1.44 bits per heavy atom. The molecule has 1 aliphatic rings. The summed E-state index contributed by atoms with van der Waals surface area (Å²) in [6, 6.07) is 0. The largest absolute Gasteiger partial charge is 0.381 e. The van der Waals surface area contributed by atoms with Gasteiger partial charge in [-0.15, -0.1) is 24.0 Å². The summed E-state index contributed by atoms with van der Waals surface area (Å²) in [6.07, 6.45) is 4.40. The third-order valence-electron chi connectivity index (χ3n) is 2.88. The quantitative estimate of drug-likeness (QED) is 0.453. The average Bonchev–Trinajstić information content (AvgIpc) is 2.31. The number of nitrogens with zero attached hydrogens (tertiary/aromatic N) is 1. The Bertz CT molecular complexity index is 220. The van der Waals surface area contributed by atoms with Gasteiger partial charge in [-0.2, -0.15) is 11.8 Å². The molecule has 0 aromatic rings. The van der Waals surface area contributed by atoms with E-state index in [2.05, 4.69) is 21.9 Å². The lowest BCUT2D eigenvalue weighted by Crippen LogP contribution is -2.47. The first-order chi connectivity index (χ1) is 7.26. The van der Waals surface area contributed by atoms with Gasteiger partial charge in [0.25, 0.3) is 0 Å². The molecule has 0 spiro atoms. The van der Waals surface area contributed by atoms with E-state index in [9.17, 15) is 0 Å². The van der Waals surface area contributed by atoms with E-state index in [1.54, 1.807) is 7.05 Å². The van der Waals surface area contributed by atoms with Crippen molar-refractivity contribution in [1.29, 1.82) is 0 Å². The fraction of sp³-hybridized carbons (Fsp3) is 0.900. The van der Waals surface area contributed by atoms with E-state index >= 15 is 0 Å². The minimum Gasteiger partial charge on any atom is -0.381 e. The Morgan fingerprint density at radius 3 is 2.50 bits per heavy atom. The van der Waals surface area contributed by atoms with E-state index in [1.807, 2.05) is 18.8 Å². The van der Waals surface area contributed by atoms with Crippen molar-refractivity contribution in [2.24, 2.45) is 4.99 Å². The van der Waals surface area contributed by atoms with Crippen LogP contribution in [0.5, 0.6) is 0 Å². The van der Waals surface area contributed by atoms with Crippen molar-refractivity contribution in [1.82, 2.24) is 10.6 Å². The van der Waals surface area contributed by atoms with Crippen molar-refractivity contribution in [3.63, 3.8) is 0 Å². The second-order valence-corrected chi connectivity index (χ2v) is 4.95. The molecule has 0 amide bonds. The zero-order valence-corrected chi connectivity index (χ0v) is 13.4. The maximum atomic E-state index is 5.40. The van der Waals surface area contributed by atoms with Gasteiger partial charge in [0.1, 0.15) is 0 Å². The van der Waals surface area contributed by atoms with Crippen molar-refractivity contribution < 1.29 is 4.74 Å². The van der Waals surface area contributed by atoms with Crippen molar-refractivity contribution in [3.05, 3.63) is 0 Å². The van der Waals surface area contributed by atoms with Crippen LogP contribution in [0.3, 0.4) is 0 Å². The molecule has 0 bridgehead atoms. The van der Waals surface area contributed by atoms with Crippen LogP contribution in [0, 0.1) is 0 Å². The Labute approximate surface area is 119 Å². The Hall–Kier alpha value is 0.310. The van der Waals surface area contributed by atoms with Crippen LogP contribution < -0.4 is 10.6 Å². The second-order valence-electron chi connectivity index (χ2n) is 3.68. The van der Waals surface area contributed by atoms with Gasteiger partial charge in [-0.25, -0.2) is 0 Å². The molecule has 1 heterocycles. The van der Waals surface area contributed by atoms with Gasteiger partial charge in [0.05, 0.1) is 0 Å². The number of nitrogens with one attached hydrogen (secondary N) is 2. The summed E-state index contributed by atoms with van der Waals surface area (Å²) in [5.74, 6) is 0.856. The lowest BCUT2D eigenvalue weighted by atomic mass is 9.99. The molecule has 1 saturated heterocycles. The Balaban J connectivity index is 0.00000225. The number of guanidine groups is 1. The molecule has 0 atom stereocenters. The number of hydrogen-bond acceptors (Lipinski definition) is 3. The van der Waals surface area contributed by atoms with E-state index in [1.165, 1.54) is 0 Å². The van der Waals surface area contributed by atoms with E-state index in [4.69, 9.17) is 4.74 Å². The fourth-order valence-corrected chi connectivity index (χ4v) is 2.51. The molecule has 0 aromatic carbocycles.